The van der Waals surface area contributed by atoms with E-state index >= 15 is 0 Å². The molecule has 0 radical (unpaired) electrons. The summed E-state index contributed by atoms with van der Waals surface area (Å²) < 4.78 is 0. The zero-order valence-electron chi connectivity index (χ0n) is 14.4. The SMILES string of the molecule is CC(C)[C@@H]1CN(Cc2c[nH]c(=O)[nH]c2=O)CCC(=O)N1CC1CC1. The van der Waals surface area contributed by atoms with E-state index in [1.54, 1.807) is 0 Å². The van der Waals surface area contributed by atoms with E-state index < -0.39 is 5.69 Å². The highest BCUT2D eigenvalue weighted by molar-refractivity contribution is 5.77. The minimum absolute atomic E-state index is 0.169. The molecule has 1 aliphatic heterocycles. The van der Waals surface area contributed by atoms with Crippen molar-refractivity contribution < 1.29 is 4.79 Å². The Kier molecular flexibility index (Phi) is 4.89. The lowest BCUT2D eigenvalue weighted by molar-refractivity contribution is -0.133. The van der Waals surface area contributed by atoms with Gasteiger partial charge in [-0.2, -0.15) is 0 Å². The molecular weight excluding hydrogens is 308 g/mol. The Morgan fingerprint density at radius 2 is 2.00 bits per heavy atom. The molecule has 0 bridgehead atoms. The maximum atomic E-state index is 12.6. The van der Waals surface area contributed by atoms with Gasteiger partial charge in [-0.25, -0.2) is 4.79 Å². The van der Waals surface area contributed by atoms with Crippen LogP contribution in [0.25, 0.3) is 0 Å². The molecule has 2 heterocycles. The van der Waals surface area contributed by atoms with Gasteiger partial charge in [-0.15, -0.1) is 0 Å². The van der Waals surface area contributed by atoms with Crippen LogP contribution in [0.3, 0.4) is 0 Å². The Labute approximate surface area is 141 Å². The molecular formula is C17H26N4O3. The summed E-state index contributed by atoms with van der Waals surface area (Å²) >= 11 is 0. The lowest BCUT2D eigenvalue weighted by atomic mass is 10.0. The van der Waals surface area contributed by atoms with Crippen molar-refractivity contribution in [1.82, 2.24) is 19.8 Å². The Morgan fingerprint density at radius 1 is 1.25 bits per heavy atom. The summed E-state index contributed by atoms with van der Waals surface area (Å²) in [5.74, 6) is 1.25. The number of hydrogen-bond donors (Lipinski definition) is 2. The first kappa shape index (κ1) is 17.0. The fourth-order valence-electron chi connectivity index (χ4n) is 3.36. The summed E-state index contributed by atoms with van der Waals surface area (Å²) in [4.78, 5) is 44.6. The third-order valence-corrected chi connectivity index (χ3v) is 5.02. The van der Waals surface area contributed by atoms with Crippen LogP contribution in [0.1, 0.15) is 38.7 Å². The average Bonchev–Trinajstić information content (AvgIpc) is 3.34. The summed E-state index contributed by atoms with van der Waals surface area (Å²) in [6.07, 6.45) is 4.41. The minimum atomic E-state index is -0.495. The molecule has 3 rings (SSSR count). The molecule has 2 aliphatic rings. The van der Waals surface area contributed by atoms with Crippen molar-refractivity contribution in [1.29, 1.82) is 0 Å². The number of H-pyrrole nitrogens is 2. The number of nitrogens with one attached hydrogen (secondary N) is 2. The smallest absolute Gasteiger partial charge is 0.325 e. The number of hydrogen-bond acceptors (Lipinski definition) is 4. The first-order valence-corrected chi connectivity index (χ1v) is 8.76. The standard InChI is InChI=1S/C17H26N4O3/c1-11(2)14-10-20(9-13-7-18-17(24)19-16(13)23)6-5-15(22)21(14)8-12-3-4-12/h7,11-12,14H,3-6,8-10H2,1-2H3,(H2,18,19,23,24)/t14-/m0/s1. The highest BCUT2D eigenvalue weighted by Crippen LogP contribution is 2.32. The Morgan fingerprint density at radius 3 is 2.62 bits per heavy atom. The molecule has 1 saturated carbocycles. The Hall–Kier alpha value is -1.89. The topological polar surface area (TPSA) is 89.3 Å². The predicted molar refractivity (Wildman–Crippen MR) is 90.6 cm³/mol. The van der Waals surface area contributed by atoms with Gasteiger partial charge in [0.15, 0.2) is 0 Å². The van der Waals surface area contributed by atoms with Crippen molar-refractivity contribution in [2.45, 2.75) is 45.7 Å². The van der Waals surface area contributed by atoms with E-state index in [1.807, 2.05) is 0 Å². The predicted octanol–water partition coefficient (Wildman–Crippen LogP) is 0.532. The largest absolute Gasteiger partial charge is 0.338 e. The van der Waals surface area contributed by atoms with Crippen LogP contribution in [-0.4, -0.2) is 51.4 Å². The highest BCUT2D eigenvalue weighted by Gasteiger charge is 2.35. The molecule has 1 atom stereocenters. The number of carbonyl (C=O) groups is 1. The molecule has 0 spiro atoms. The van der Waals surface area contributed by atoms with E-state index in [9.17, 15) is 14.4 Å². The number of carbonyl (C=O) groups excluding carboxylic acids is 1. The number of aromatic nitrogens is 2. The zero-order valence-corrected chi connectivity index (χ0v) is 14.4. The maximum Gasteiger partial charge on any atom is 0.325 e. The van der Waals surface area contributed by atoms with Crippen molar-refractivity contribution in [3.05, 3.63) is 32.6 Å². The van der Waals surface area contributed by atoms with Gasteiger partial charge in [0.2, 0.25) is 5.91 Å². The zero-order chi connectivity index (χ0) is 17.3. The van der Waals surface area contributed by atoms with Gasteiger partial charge >= 0.3 is 5.69 Å². The van der Waals surface area contributed by atoms with E-state index in [0.717, 1.165) is 13.1 Å². The Balaban J connectivity index is 1.76. The Bertz CT molecular complexity index is 704. The number of aromatic amines is 2. The van der Waals surface area contributed by atoms with Gasteiger partial charge in [-0.3, -0.25) is 19.5 Å². The molecule has 24 heavy (non-hydrogen) atoms. The van der Waals surface area contributed by atoms with Crippen LogP contribution in [0.4, 0.5) is 0 Å². The quantitative estimate of drug-likeness (QED) is 0.822. The maximum absolute atomic E-state index is 12.6. The fraction of sp³-hybridized carbons (Fsp3) is 0.706. The van der Waals surface area contributed by atoms with Crippen LogP contribution < -0.4 is 11.2 Å². The van der Waals surface area contributed by atoms with Crippen LogP contribution in [0.5, 0.6) is 0 Å². The van der Waals surface area contributed by atoms with Crippen molar-refractivity contribution in [3.63, 3.8) is 0 Å². The normalized spacial score (nSPS) is 22.9. The summed E-state index contributed by atoms with van der Waals surface area (Å²) in [5.41, 5.74) is -0.323. The summed E-state index contributed by atoms with van der Waals surface area (Å²) in [7, 11) is 0. The van der Waals surface area contributed by atoms with E-state index in [2.05, 4.69) is 33.6 Å². The molecule has 1 saturated heterocycles. The van der Waals surface area contributed by atoms with Crippen LogP contribution in [0.2, 0.25) is 0 Å². The van der Waals surface area contributed by atoms with E-state index in [4.69, 9.17) is 0 Å². The van der Waals surface area contributed by atoms with Gasteiger partial charge in [0.05, 0.1) is 0 Å². The molecule has 1 aromatic rings. The molecule has 1 amide bonds. The van der Waals surface area contributed by atoms with E-state index in [-0.39, 0.29) is 17.5 Å². The highest BCUT2D eigenvalue weighted by atomic mass is 16.2. The summed E-state index contributed by atoms with van der Waals surface area (Å²) in [5, 5.41) is 0. The lowest BCUT2D eigenvalue weighted by Gasteiger charge is -2.34. The van der Waals surface area contributed by atoms with Crippen molar-refractivity contribution in [3.8, 4) is 0 Å². The van der Waals surface area contributed by atoms with Crippen LogP contribution >= 0.6 is 0 Å². The summed E-state index contributed by atoms with van der Waals surface area (Å²) in [6, 6.07) is 0.169. The first-order chi connectivity index (χ1) is 11.4. The van der Waals surface area contributed by atoms with Gasteiger partial charge in [-0.1, -0.05) is 13.8 Å². The average molecular weight is 334 g/mol. The van der Waals surface area contributed by atoms with Crippen LogP contribution in [0.15, 0.2) is 15.8 Å². The fourth-order valence-corrected chi connectivity index (χ4v) is 3.36. The second-order valence-corrected chi connectivity index (χ2v) is 7.38. The molecule has 7 nitrogen and oxygen atoms in total. The molecule has 0 unspecified atom stereocenters. The molecule has 1 aromatic heterocycles. The second-order valence-electron chi connectivity index (χ2n) is 7.38. The molecule has 2 fully saturated rings. The lowest BCUT2D eigenvalue weighted by Crippen LogP contribution is -2.47. The van der Waals surface area contributed by atoms with Gasteiger partial charge in [0, 0.05) is 50.4 Å². The van der Waals surface area contributed by atoms with Crippen molar-refractivity contribution >= 4 is 5.91 Å². The van der Waals surface area contributed by atoms with E-state index in [0.29, 0.717) is 36.9 Å². The van der Waals surface area contributed by atoms with Gasteiger partial charge in [0.1, 0.15) is 0 Å². The third-order valence-electron chi connectivity index (χ3n) is 5.02. The van der Waals surface area contributed by atoms with Gasteiger partial charge < -0.3 is 9.88 Å². The molecule has 1 aliphatic carbocycles. The minimum Gasteiger partial charge on any atom is -0.338 e. The monoisotopic (exact) mass is 334 g/mol. The number of rotatable bonds is 5. The first-order valence-electron chi connectivity index (χ1n) is 8.76. The van der Waals surface area contributed by atoms with Gasteiger partial charge in [0.25, 0.3) is 5.56 Å². The molecule has 0 aromatic carbocycles. The van der Waals surface area contributed by atoms with Crippen molar-refractivity contribution in [2.75, 3.05) is 19.6 Å². The number of nitrogens with zero attached hydrogens (tertiary/aromatic N) is 2. The van der Waals surface area contributed by atoms with Crippen molar-refractivity contribution in [2.24, 2.45) is 11.8 Å². The van der Waals surface area contributed by atoms with Crippen LogP contribution in [-0.2, 0) is 11.3 Å². The molecule has 2 N–H and O–H groups in total. The van der Waals surface area contributed by atoms with Crippen LogP contribution in [0, 0.1) is 11.8 Å². The second kappa shape index (κ2) is 6.93. The van der Waals surface area contributed by atoms with Gasteiger partial charge in [-0.05, 0) is 24.7 Å². The molecule has 7 heteroatoms. The number of amides is 1. The summed E-state index contributed by atoms with van der Waals surface area (Å²) in [6.45, 7) is 7.01. The molecule has 132 valence electrons. The van der Waals surface area contributed by atoms with E-state index in [1.165, 1.54) is 19.0 Å². The third kappa shape index (κ3) is 3.95.